The minimum atomic E-state index is 0.0727. The van der Waals surface area contributed by atoms with Crippen LogP contribution in [-0.2, 0) is 4.79 Å². The molecule has 1 aliphatic carbocycles. The van der Waals surface area contributed by atoms with E-state index in [1.54, 1.807) is 12.1 Å². The summed E-state index contributed by atoms with van der Waals surface area (Å²) >= 11 is 0. The van der Waals surface area contributed by atoms with Crippen molar-refractivity contribution in [1.82, 2.24) is 5.32 Å². The van der Waals surface area contributed by atoms with Crippen molar-refractivity contribution in [2.75, 3.05) is 12.3 Å². The van der Waals surface area contributed by atoms with Crippen LogP contribution in [0.25, 0.3) is 0 Å². The SMILES string of the molecule is CC(NC(=O)CCOc1ccc(N)cc1)C1CCCCC1. The second kappa shape index (κ2) is 7.91. The number of rotatable bonds is 6. The molecule has 0 aliphatic heterocycles. The average Bonchev–Trinajstić information content (AvgIpc) is 2.50. The summed E-state index contributed by atoms with van der Waals surface area (Å²) in [4.78, 5) is 11.9. The Hall–Kier alpha value is -1.71. The van der Waals surface area contributed by atoms with E-state index in [9.17, 15) is 4.79 Å². The van der Waals surface area contributed by atoms with E-state index in [1.165, 1.54) is 32.1 Å². The summed E-state index contributed by atoms with van der Waals surface area (Å²) in [6, 6.07) is 7.49. The van der Waals surface area contributed by atoms with Crippen LogP contribution in [0, 0.1) is 5.92 Å². The Morgan fingerprint density at radius 2 is 1.95 bits per heavy atom. The summed E-state index contributed by atoms with van der Waals surface area (Å²) in [6.07, 6.45) is 6.80. The van der Waals surface area contributed by atoms with Gasteiger partial charge in [0.25, 0.3) is 0 Å². The van der Waals surface area contributed by atoms with Crippen molar-refractivity contribution in [2.24, 2.45) is 5.92 Å². The first-order chi connectivity index (χ1) is 10.1. The first-order valence-corrected chi connectivity index (χ1v) is 7.93. The van der Waals surface area contributed by atoms with E-state index in [4.69, 9.17) is 10.5 Å². The molecule has 1 amide bonds. The normalized spacial score (nSPS) is 17.2. The molecule has 4 heteroatoms. The molecule has 4 nitrogen and oxygen atoms in total. The fourth-order valence-corrected chi connectivity index (χ4v) is 2.90. The van der Waals surface area contributed by atoms with Crippen molar-refractivity contribution in [3.05, 3.63) is 24.3 Å². The number of nitrogens with one attached hydrogen (secondary N) is 1. The van der Waals surface area contributed by atoms with Crippen molar-refractivity contribution in [3.63, 3.8) is 0 Å². The predicted octanol–water partition coefficient (Wildman–Crippen LogP) is 3.12. The lowest BCUT2D eigenvalue weighted by Crippen LogP contribution is -2.39. The van der Waals surface area contributed by atoms with Gasteiger partial charge in [-0.3, -0.25) is 4.79 Å². The second-order valence-electron chi connectivity index (χ2n) is 5.92. The van der Waals surface area contributed by atoms with Gasteiger partial charge in [0.2, 0.25) is 5.91 Å². The molecule has 0 radical (unpaired) electrons. The molecule has 2 rings (SSSR count). The van der Waals surface area contributed by atoms with Gasteiger partial charge in [0.15, 0.2) is 0 Å². The standard InChI is InChI=1S/C17H26N2O2/c1-13(14-5-3-2-4-6-14)19-17(20)11-12-21-16-9-7-15(18)8-10-16/h7-10,13-14H,2-6,11-12,18H2,1H3,(H,19,20). The molecule has 3 N–H and O–H groups in total. The lowest BCUT2D eigenvalue weighted by molar-refractivity contribution is -0.122. The highest BCUT2D eigenvalue weighted by molar-refractivity contribution is 5.76. The maximum atomic E-state index is 11.9. The minimum Gasteiger partial charge on any atom is -0.493 e. The van der Waals surface area contributed by atoms with Crippen LogP contribution in [0.4, 0.5) is 5.69 Å². The largest absolute Gasteiger partial charge is 0.493 e. The Morgan fingerprint density at radius 3 is 2.62 bits per heavy atom. The second-order valence-corrected chi connectivity index (χ2v) is 5.92. The van der Waals surface area contributed by atoms with Crippen LogP contribution >= 0.6 is 0 Å². The number of benzene rings is 1. The molecular formula is C17H26N2O2. The minimum absolute atomic E-state index is 0.0727. The maximum Gasteiger partial charge on any atom is 0.223 e. The van der Waals surface area contributed by atoms with Gasteiger partial charge in [-0.1, -0.05) is 19.3 Å². The number of nitrogens with two attached hydrogens (primary N) is 1. The third-order valence-corrected chi connectivity index (χ3v) is 4.22. The van der Waals surface area contributed by atoms with Gasteiger partial charge in [-0.25, -0.2) is 0 Å². The Bertz CT molecular complexity index is 439. The fraction of sp³-hybridized carbons (Fsp3) is 0.588. The first kappa shape index (κ1) is 15.7. The molecule has 116 valence electrons. The van der Waals surface area contributed by atoms with Gasteiger partial charge in [0.05, 0.1) is 13.0 Å². The van der Waals surface area contributed by atoms with E-state index in [0.29, 0.717) is 24.6 Å². The lowest BCUT2D eigenvalue weighted by atomic mass is 9.84. The van der Waals surface area contributed by atoms with Crippen molar-refractivity contribution >= 4 is 11.6 Å². The molecule has 1 fully saturated rings. The zero-order valence-corrected chi connectivity index (χ0v) is 12.8. The Morgan fingerprint density at radius 1 is 1.29 bits per heavy atom. The number of amides is 1. The highest BCUT2D eigenvalue weighted by Crippen LogP contribution is 2.26. The molecule has 1 atom stereocenters. The van der Waals surface area contributed by atoms with Gasteiger partial charge < -0.3 is 15.8 Å². The molecule has 0 heterocycles. The van der Waals surface area contributed by atoms with Crippen LogP contribution in [0.3, 0.4) is 0 Å². The summed E-state index contributed by atoms with van der Waals surface area (Å²) in [5, 5.41) is 3.11. The quantitative estimate of drug-likeness (QED) is 0.791. The zero-order chi connectivity index (χ0) is 15.1. The summed E-state index contributed by atoms with van der Waals surface area (Å²) < 4.78 is 5.54. The molecule has 0 bridgehead atoms. The van der Waals surface area contributed by atoms with Gasteiger partial charge in [-0.2, -0.15) is 0 Å². The zero-order valence-electron chi connectivity index (χ0n) is 12.8. The number of ether oxygens (including phenoxy) is 1. The number of hydrogen-bond acceptors (Lipinski definition) is 3. The smallest absolute Gasteiger partial charge is 0.223 e. The Kier molecular flexibility index (Phi) is 5.90. The topological polar surface area (TPSA) is 64.3 Å². The van der Waals surface area contributed by atoms with Gasteiger partial charge >= 0.3 is 0 Å². The third-order valence-electron chi connectivity index (χ3n) is 4.22. The van der Waals surface area contributed by atoms with Gasteiger partial charge in [-0.15, -0.1) is 0 Å². The number of nitrogen functional groups attached to an aromatic ring is 1. The number of hydrogen-bond donors (Lipinski definition) is 2. The van der Waals surface area contributed by atoms with Gasteiger partial charge in [-0.05, 0) is 49.9 Å². The Labute approximate surface area is 127 Å². The van der Waals surface area contributed by atoms with Crippen LogP contribution in [0.1, 0.15) is 45.4 Å². The van der Waals surface area contributed by atoms with Crippen LogP contribution in [0.15, 0.2) is 24.3 Å². The van der Waals surface area contributed by atoms with E-state index in [2.05, 4.69) is 12.2 Å². The lowest BCUT2D eigenvalue weighted by Gasteiger charge is -2.28. The number of anilines is 1. The van der Waals surface area contributed by atoms with Crippen LogP contribution in [0.2, 0.25) is 0 Å². The van der Waals surface area contributed by atoms with E-state index in [1.807, 2.05) is 12.1 Å². The number of carbonyl (C=O) groups is 1. The molecule has 1 aromatic rings. The van der Waals surface area contributed by atoms with E-state index in [0.717, 1.165) is 5.75 Å². The van der Waals surface area contributed by atoms with Crippen LogP contribution in [0.5, 0.6) is 5.75 Å². The van der Waals surface area contributed by atoms with Crippen molar-refractivity contribution in [2.45, 2.75) is 51.5 Å². The summed E-state index contributed by atoms with van der Waals surface area (Å²) in [7, 11) is 0. The summed E-state index contributed by atoms with van der Waals surface area (Å²) in [5.41, 5.74) is 6.32. The van der Waals surface area contributed by atoms with Gasteiger partial charge in [0.1, 0.15) is 5.75 Å². The van der Waals surface area contributed by atoms with Gasteiger partial charge in [0, 0.05) is 11.7 Å². The van der Waals surface area contributed by atoms with Crippen molar-refractivity contribution in [3.8, 4) is 5.75 Å². The van der Waals surface area contributed by atoms with E-state index in [-0.39, 0.29) is 11.9 Å². The van der Waals surface area contributed by atoms with Crippen molar-refractivity contribution < 1.29 is 9.53 Å². The third kappa shape index (κ3) is 5.29. The fourth-order valence-electron chi connectivity index (χ4n) is 2.90. The van der Waals surface area contributed by atoms with Crippen LogP contribution in [-0.4, -0.2) is 18.6 Å². The molecule has 21 heavy (non-hydrogen) atoms. The molecule has 1 saturated carbocycles. The summed E-state index contributed by atoms with van der Waals surface area (Å²) in [6.45, 7) is 2.52. The van der Waals surface area contributed by atoms with Crippen LogP contribution < -0.4 is 15.8 Å². The molecular weight excluding hydrogens is 264 g/mol. The molecule has 0 aromatic heterocycles. The maximum absolute atomic E-state index is 11.9. The summed E-state index contributed by atoms with van der Waals surface area (Å²) in [5.74, 6) is 1.46. The Balaban J connectivity index is 1.65. The molecule has 1 aliphatic rings. The highest BCUT2D eigenvalue weighted by atomic mass is 16.5. The molecule has 1 unspecified atom stereocenters. The molecule has 1 aromatic carbocycles. The monoisotopic (exact) mass is 290 g/mol. The highest BCUT2D eigenvalue weighted by Gasteiger charge is 2.21. The first-order valence-electron chi connectivity index (χ1n) is 7.93. The average molecular weight is 290 g/mol. The van der Waals surface area contributed by atoms with E-state index < -0.39 is 0 Å². The molecule has 0 spiro atoms. The predicted molar refractivity (Wildman–Crippen MR) is 85.1 cm³/mol. The van der Waals surface area contributed by atoms with Crippen molar-refractivity contribution in [1.29, 1.82) is 0 Å². The number of carbonyl (C=O) groups excluding carboxylic acids is 1. The molecule has 0 saturated heterocycles. The van der Waals surface area contributed by atoms with E-state index >= 15 is 0 Å².